The molecule has 0 aliphatic heterocycles. The quantitative estimate of drug-likeness (QED) is 0.134. The van der Waals surface area contributed by atoms with Crippen LogP contribution in [0.15, 0.2) is 102 Å². The average Bonchev–Trinajstić information content (AvgIpc) is 3.07. The fraction of sp³-hybridized carbons (Fsp3) is 0.278. The lowest BCUT2D eigenvalue weighted by molar-refractivity contribution is -0.140. The molecule has 0 radical (unpaired) electrons. The highest BCUT2D eigenvalue weighted by molar-refractivity contribution is 7.92. The number of hydrogen-bond acceptors (Lipinski definition) is 5. The van der Waals surface area contributed by atoms with E-state index in [0.717, 1.165) is 28.3 Å². The van der Waals surface area contributed by atoms with E-state index >= 15 is 0 Å². The van der Waals surface area contributed by atoms with Crippen LogP contribution in [0.4, 0.5) is 5.69 Å². The molecule has 0 aromatic heterocycles. The molecular formula is C36H39Cl2N3O5S. The second-order valence-corrected chi connectivity index (χ2v) is 13.7. The van der Waals surface area contributed by atoms with Crippen LogP contribution in [-0.4, -0.2) is 51.4 Å². The maximum Gasteiger partial charge on any atom is 0.264 e. The van der Waals surface area contributed by atoms with Crippen molar-refractivity contribution in [3.8, 4) is 5.75 Å². The van der Waals surface area contributed by atoms with Crippen molar-refractivity contribution in [2.45, 2.75) is 50.6 Å². The molecule has 8 nitrogen and oxygen atoms in total. The number of hydrogen-bond donors (Lipinski definition) is 1. The van der Waals surface area contributed by atoms with E-state index in [2.05, 4.69) is 5.32 Å². The van der Waals surface area contributed by atoms with Gasteiger partial charge in [0.25, 0.3) is 10.0 Å². The standard InChI is InChI=1S/C36H39Cl2N3O5S/c1-4-5-22-39-36(43)33(23-27-12-7-6-8-13-27)40(24-29-30(37)14-11-15-31(29)38)35(42)25-41(32-16-9-10-17-34(32)46-3)47(44,45)28-20-18-26(2)19-21-28/h6-21,33H,4-5,22-25H2,1-3H3,(H,39,43)/t33-/m0/s1. The third-order valence-corrected chi connectivity index (χ3v) is 10.2. The highest BCUT2D eigenvalue weighted by atomic mass is 35.5. The Bertz CT molecular complexity index is 1750. The number of rotatable bonds is 15. The van der Waals surface area contributed by atoms with E-state index < -0.39 is 28.5 Å². The van der Waals surface area contributed by atoms with Gasteiger partial charge in [-0.15, -0.1) is 0 Å². The zero-order valence-electron chi connectivity index (χ0n) is 26.7. The molecule has 47 heavy (non-hydrogen) atoms. The molecule has 1 atom stereocenters. The van der Waals surface area contributed by atoms with Gasteiger partial charge in [-0.3, -0.25) is 13.9 Å². The van der Waals surface area contributed by atoms with E-state index in [1.807, 2.05) is 44.2 Å². The first kappa shape index (κ1) is 35.8. The number of sulfonamides is 1. The summed E-state index contributed by atoms with van der Waals surface area (Å²) in [7, 11) is -2.86. The lowest BCUT2D eigenvalue weighted by Gasteiger charge is -2.34. The normalized spacial score (nSPS) is 11.9. The Hall–Kier alpha value is -4.05. The fourth-order valence-corrected chi connectivity index (χ4v) is 7.04. The summed E-state index contributed by atoms with van der Waals surface area (Å²) in [6, 6.07) is 26.3. The van der Waals surface area contributed by atoms with Crippen molar-refractivity contribution in [3.63, 3.8) is 0 Å². The number of aryl methyl sites for hydroxylation is 1. The van der Waals surface area contributed by atoms with Crippen molar-refractivity contribution in [1.82, 2.24) is 10.2 Å². The molecule has 4 aromatic rings. The van der Waals surface area contributed by atoms with Crippen molar-refractivity contribution < 1.29 is 22.7 Å². The van der Waals surface area contributed by atoms with E-state index in [9.17, 15) is 18.0 Å². The lowest BCUT2D eigenvalue weighted by atomic mass is 10.0. The molecule has 0 unspecified atom stereocenters. The van der Waals surface area contributed by atoms with Gasteiger partial charge < -0.3 is 15.0 Å². The molecule has 1 N–H and O–H groups in total. The molecule has 4 rings (SSSR count). The third-order valence-electron chi connectivity index (χ3n) is 7.73. The summed E-state index contributed by atoms with van der Waals surface area (Å²) in [5.74, 6) is -0.743. The van der Waals surface area contributed by atoms with Gasteiger partial charge in [-0.25, -0.2) is 8.42 Å². The smallest absolute Gasteiger partial charge is 0.264 e. The minimum absolute atomic E-state index is 0.000601. The SMILES string of the molecule is CCCCNC(=O)[C@H](Cc1ccccc1)N(Cc1c(Cl)cccc1Cl)C(=O)CN(c1ccccc1OC)S(=O)(=O)c1ccc(C)cc1. The molecule has 4 aromatic carbocycles. The van der Waals surface area contributed by atoms with Crippen LogP contribution in [0.1, 0.15) is 36.5 Å². The van der Waals surface area contributed by atoms with E-state index in [-0.39, 0.29) is 35.2 Å². The number of ether oxygens (including phenoxy) is 1. The molecule has 0 saturated heterocycles. The van der Waals surface area contributed by atoms with Crippen LogP contribution in [0, 0.1) is 6.92 Å². The van der Waals surface area contributed by atoms with E-state index in [4.69, 9.17) is 27.9 Å². The summed E-state index contributed by atoms with van der Waals surface area (Å²) >= 11 is 13.2. The van der Waals surface area contributed by atoms with Gasteiger partial charge in [0.2, 0.25) is 11.8 Å². The van der Waals surface area contributed by atoms with E-state index in [1.54, 1.807) is 54.6 Å². The molecule has 0 fully saturated rings. The molecule has 2 amide bonds. The fourth-order valence-electron chi connectivity index (χ4n) is 5.10. The van der Waals surface area contributed by atoms with Crippen LogP contribution in [0.2, 0.25) is 10.0 Å². The predicted octanol–water partition coefficient (Wildman–Crippen LogP) is 7.06. The minimum Gasteiger partial charge on any atom is -0.495 e. The first-order valence-electron chi connectivity index (χ1n) is 15.3. The van der Waals surface area contributed by atoms with Gasteiger partial charge in [-0.1, -0.05) is 103 Å². The first-order valence-corrected chi connectivity index (χ1v) is 17.5. The van der Waals surface area contributed by atoms with Gasteiger partial charge in [0.15, 0.2) is 0 Å². The Morgan fingerprint density at radius 3 is 2.15 bits per heavy atom. The molecule has 0 saturated carbocycles. The van der Waals surface area contributed by atoms with E-state index in [1.165, 1.54) is 24.1 Å². The van der Waals surface area contributed by atoms with Crippen LogP contribution >= 0.6 is 23.2 Å². The number of nitrogens with zero attached hydrogens (tertiary/aromatic N) is 2. The summed E-state index contributed by atoms with van der Waals surface area (Å²) < 4.78 is 35.1. The minimum atomic E-state index is -4.29. The molecular weight excluding hydrogens is 657 g/mol. The number of halogens is 2. The summed E-state index contributed by atoms with van der Waals surface area (Å²) in [4.78, 5) is 29.9. The van der Waals surface area contributed by atoms with Crippen molar-refractivity contribution in [2.75, 3.05) is 24.5 Å². The Morgan fingerprint density at radius 2 is 1.51 bits per heavy atom. The molecule has 11 heteroatoms. The zero-order chi connectivity index (χ0) is 34.0. The number of benzene rings is 4. The second kappa shape index (κ2) is 16.7. The maximum atomic E-state index is 14.7. The Morgan fingerprint density at radius 1 is 0.872 bits per heavy atom. The molecule has 0 aliphatic carbocycles. The van der Waals surface area contributed by atoms with E-state index in [0.29, 0.717) is 22.2 Å². The molecule has 0 spiro atoms. The average molecular weight is 697 g/mol. The first-order chi connectivity index (χ1) is 22.6. The van der Waals surface area contributed by atoms with Crippen molar-refractivity contribution >= 4 is 50.7 Å². The molecule has 0 heterocycles. The van der Waals surface area contributed by atoms with Gasteiger partial charge in [-0.2, -0.15) is 0 Å². The largest absolute Gasteiger partial charge is 0.495 e. The maximum absolute atomic E-state index is 14.7. The van der Waals surface area contributed by atoms with Gasteiger partial charge in [0.1, 0.15) is 18.3 Å². The topological polar surface area (TPSA) is 96.0 Å². The van der Waals surface area contributed by atoms with Crippen molar-refractivity contribution in [3.05, 3.63) is 124 Å². The number of unbranched alkanes of at least 4 members (excludes halogenated alkanes) is 1. The number of carbonyl (C=O) groups excluding carboxylic acids is 2. The van der Waals surface area contributed by atoms with Gasteiger partial charge in [0.05, 0.1) is 17.7 Å². The number of carbonyl (C=O) groups is 2. The van der Waals surface area contributed by atoms with Crippen LogP contribution < -0.4 is 14.4 Å². The second-order valence-electron chi connectivity index (χ2n) is 11.1. The number of para-hydroxylation sites is 2. The summed E-state index contributed by atoms with van der Waals surface area (Å²) in [5.41, 5.74) is 2.31. The Balaban J connectivity index is 1.85. The lowest BCUT2D eigenvalue weighted by Crippen LogP contribution is -2.53. The highest BCUT2D eigenvalue weighted by Gasteiger charge is 2.36. The van der Waals surface area contributed by atoms with Crippen molar-refractivity contribution in [2.24, 2.45) is 0 Å². The summed E-state index contributed by atoms with van der Waals surface area (Å²) in [6.45, 7) is 3.52. The summed E-state index contributed by atoms with van der Waals surface area (Å²) in [5, 5.41) is 3.60. The zero-order valence-corrected chi connectivity index (χ0v) is 29.0. The van der Waals surface area contributed by atoms with Crippen LogP contribution in [0.5, 0.6) is 5.75 Å². The van der Waals surface area contributed by atoms with Crippen molar-refractivity contribution in [1.29, 1.82) is 0 Å². The Labute approximate surface area is 287 Å². The number of nitrogens with one attached hydrogen (secondary N) is 1. The predicted molar refractivity (Wildman–Crippen MR) is 188 cm³/mol. The highest BCUT2D eigenvalue weighted by Crippen LogP contribution is 2.33. The van der Waals surface area contributed by atoms with Gasteiger partial charge >= 0.3 is 0 Å². The number of amides is 2. The molecule has 0 bridgehead atoms. The third kappa shape index (κ3) is 9.06. The van der Waals surface area contributed by atoms with Gasteiger partial charge in [0, 0.05) is 35.1 Å². The molecule has 248 valence electrons. The van der Waals surface area contributed by atoms with Crippen LogP contribution in [0.3, 0.4) is 0 Å². The number of anilines is 1. The Kier molecular flexibility index (Phi) is 12.7. The molecule has 0 aliphatic rings. The summed E-state index contributed by atoms with van der Waals surface area (Å²) in [6.07, 6.45) is 1.79. The number of methoxy groups -OCH3 is 1. The van der Waals surface area contributed by atoms with Gasteiger partial charge in [-0.05, 0) is 55.3 Å². The van der Waals surface area contributed by atoms with Crippen LogP contribution in [0.25, 0.3) is 0 Å². The van der Waals surface area contributed by atoms with Crippen LogP contribution in [-0.2, 0) is 32.6 Å². The monoisotopic (exact) mass is 695 g/mol.